The van der Waals surface area contributed by atoms with E-state index < -0.39 is 0 Å². The number of nitrogens with one attached hydrogen (secondary N) is 1. The maximum Gasteiger partial charge on any atom is 0.0678 e. The summed E-state index contributed by atoms with van der Waals surface area (Å²) in [5, 5.41) is 4.22. The third-order valence-corrected chi connectivity index (χ3v) is 4.20. The topological polar surface area (TPSA) is 24.5 Å². The third-order valence-electron chi connectivity index (χ3n) is 3.86. The Morgan fingerprint density at radius 2 is 1.95 bits per heavy atom. The summed E-state index contributed by atoms with van der Waals surface area (Å²) < 4.78 is 5.77. The van der Waals surface area contributed by atoms with Gasteiger partial charge in [0, 0.05) is 30.7 Å². The van der Waals surface area contributed by atoms with E-state index in [0.717, 1.165) is 31.1 Å². The van der Waals surface area contributed by atoms with Crippen LogP contribution in [0.15, 0.2) is 24.3 Å². The number of rotatable bonds is 5. The molecule has 1 heterocycles. The summed E-state index contributed by atoms with van der Waals surface area (Å²) in [6.07, 6.45) is 1.71. The zero-order valence-electron chi connectivity index (χ0n) is 12.6. The molecule has 3 nitrogen and oxygen atoms in total. The summed E-state index contributed by atoms with van der Waals surface area (Å²) in [5.41, 5.74) is 1.19. The zero-order valence-corrected chi connectivity index (χ0v) is 13.4. The van der Waals surface area contributed by atoms with Crippen LogP contribution in [0, 0.1) is 0 Å². The third kappa shape index (κ3) is 4.19. The van der Waals surface area contributed by atoms with Gasteiger partial charge in [-0.05, 0) is 38.9 Å². The number of ether oxygens (including phenoxy) is 1. The van der Waals surface area contributed by atoms with Crippen molar-refractivity contribution in [1.29, 1.82) is 0 Å². The van der Waals surface area contributed by atoms with Gasteiger partial charge in [-0.15, -0.1) is 0 Å². The Kier molecular flexibility index (Phi) is 5.85. The minimum absolute atomic E-state index is 0.303. The van der Waals surface area contributed by atoms with Gasteiger partial charge in [-0.2, -0.15) is 0 Å². The lowest BCUT2D eigenvalue weighted by Gasteiger charge is -2.36. The van der Waals surface area contributed by atoms with Gasteiger partial charge >= 0.3 is 0 Å². The Labute approximate surface area is 127 Å². The average Bonchev–Trinajstić information content (AvgIpc) is 2.40. The Balaban J connectivity index is 1.93. The van der Waals surface area contributed by atoms with Crippen molar-refractivity contribution in [3.63, 3.8) is 0 Å². The van der Waals surface area contributed by atoms with Crippen LogP contribution in [0.3, 0.4) is 0 Å². The van der Waals surface area contributed by atoms with Crippen molar-refractivity contribution in [2.45, 2.75) is 38.5 Å². The first kappa shape index (κ1) is 15.8. The molecule has 0 aromatic heterocycles. The maximum absolute atomic E-state index is 6.29. The van der Waals surface area contributed by atoms with Crippen LogP contribution >= 0.6 is 11.6 Å². The van der Waals surface area contributed by atoms with E-state index in [1.165, 1.54) is 5.56 Å². The molecule has 112 valence electrons. The molecule has 1 N–H and O–H groups in total. The minimum atomic E-state index is 0.303. The fourth-order valence-corrected chi connectivity index (χ4v) is 3.26. The highest BCUT2D eigenvalue weighted by molar-refractivity contribution is 6.31. The highest BCUT2D eigenvalue weighted by atomic mass is 35.5. The SMILES string of the molecule is CNC(CCN1CC(C)OC(C)C1)c1ccccc1Cl. The summed E-state index contributed by atoms with van der Waals surface area (Å²) in [6.45, 7) is 7.39. The van der Waals surface area contributed by atoms with Crippen molar-refractivity contribution >= 4 is 11.6 Å². The van der Waals surface area contributed by atoms with Gasteiger partial charge in [0.1, 0.15) is 0 Å². The molecule has 0 amide bonds. The fourth-order valence-electron chi connectivity index (χ4n) is 2.99. The predicted molar refractivity (Wildman–Crippen MR) is 84.3 cm³/mol. The van der Waals surface area contributed by atoms with Gasteiger partial charge in [-0.3, -0.25) is 4.90 Å². The van der Waals surface area contributed by atoms with E-state index in [1.807, 2.05) is 25.2 Å². The Hall–Kier alpha value is -0.610. The van der Waals surface area contributed by atoms with Gasteiger partial charge in [0.2, 0.25) is 0 Å². The predicted octanol–water partition coefficient (Wildman–Crippen LogP) is 3.10. The Morgan fingerprint density at radius 1 is 1.30 bits per heavy atom. The molecule has 1 aromatic rings. The van der Waals surface area contributed by atoms with Crippen LogP contribution in [0.4, 0.5) is 0 Å². The first-order valence-corrected chi connectivity index (χ1v) is 7.77. The second-order valence-corrected chi connectivity index (χ2v) is 6.08. The van der Waals surface area contributed by atoms with Crippen LogP contribution in [0.25, 0.3) is 0 Å². The highest BCUT2D eigenvalue weighted by Crippen LogP contribution is 2.25. The largest absolute Gasteiger partial charge is 0.373 e. The lowest BCUT2D eigenvalue weighted by Crippen LogP contribution is -2.46. The molecular weight excluding hydrogens is 272 g/mol. The van der Waals surface area contributed by atoms with Crippen molar-refractivity contribution in [3.8, 4) is 0 Å². The summed E-state index contributed by atoms with van der Waals surface area (Å²) in [4.78, 5) is 2.49. The zero-order chi connectivity index (χ0) is 14.5. The molecule has 1 aromatic carbocycles. The van der Waals surface area contributed by atoms with Crippen molar-refractivity contribution in [1.82, 2.24) is 10.2 Å². The van der Waals surface area contributed by atoms with Crippen LogP contribution in [0.1, 0.15) is 31.9 Å². The number of nitrogens with zero attached hydrogens (tertiary/aromatic N) is 1. The van der Waals surface area contributed by atoms with E-state index in [-0.39, 0.29) is 0 Å². The summed E-state index contributed by atoms with van der Waals surface area (Å²) in [5.74, 6) is 0. The molecule has 0 aliphatic carbocycles. The van der Waals surface area contributed by atoms with E-state index in [2.05, 4.69) is 30.1 Å². The average molecular weight is 297 g/mol. The number of hydrogen-bond donors (Lipinski definition) is 1. The van der Waals surface area contributed by atoms with Crippen molar-refractivity contribution in [2.24, 2.45) is 0 Å². The van der Waals surface area contributed by atoms with E-state index in [0.29, 0.717) is 18.2 Å². The number of morpholine rings is 1. The van der Waals surface area contributed by atoms with Crippen LogP contribution in [0.5, 0.6) is 0 Å². The molecule has 0 bridgehead atoms. The van der Waals surface area contributed by atoms with Gasteiger partial charge in [0.05, 0.1) is 12.2 Å². The van der Waals surface area contributed by atoms with E-state index in [1.54, 1.807) is 0 Å². The standard InChI is InChI=1S/C16H25ClN2O/c1-12-10-19(11-13(2)20-12)9-8-16(18-3)14-6-4-5-7-15(14)17/h4-7,12-13,16,18H,8-11H2,1-3H3. The van der Waals surface area contributed by atoms with Gasteiger partial charge in [-0.25, -0.2) is 0 Å². The normalized spacial score (nSPS) is 25.6. The number of benzene rings is 1. The van der Waals surface area contributed by atoms with Crippen LogP contribution < -0.4 is 5.32 Å². The lowest BCUT2D eigenvalue weighted by molar-refractivity contribution is -0.0685. The first-order chi connectivity index (χ1) is 9.60. The second-order valence-electron chi connectivity index (χ2n) is 5.67. The molecule has 3 atom stereocenters. The van der Waals surface area contributed by atoms with Crippen molar-refractivity contribution < 1.29 is 4.74 Å². The summed E-state index contributed by atoms with van der Waals surface area (Å²) >= 11 is 6.29. The van der Waals surface area contributed by atoms with Gasteiger partial charge in [0.25, 0.3) is 0 Å². The monoisotopic (exact) mass is 296 g/mol. The van der Waals surface area contributed by atoms with E-state index in [4.69, 9.17) is 16.3 Å². The van der Waals surface area contributed by atoms with Crippen molar-refractivity contribution in [3.05, 3.63) is 34.9 Å². The molecule has 1 aliphatic heterocycles. The first-order valence-electron chi connectivity index (χ1n) is 7.39. The van der Waals surface area contributed by atoms with Crippen molar-refractivity contribution in [2.75, 3.05) is 26.7 Å². The number of hydrogen-bond acceptors (Lipinski definition) is 3. The number of halogens is 1. The van der Waals surface area contributed by atoms with Crippen LogP contribution in [0.2, 0.25) is 5.02 Å². The molecule has 1 aliphatic rings. The quantitative estimate of drug-likeness (QED) is 0.903. The molecule has 1 fully saturated rings. The fraction of sp³-hybridized carbons (Fsp3) is 0.625. The second kappa shape index (κ2) is 7.41. The van der Waals surface area contributed by atoms with E-state index >= 15 is 0 Å². The molecule has 0 radical (unpaired) electrons. The molecule has 1 saturated heterocycles. The smallest absolute Gasteiger partial charge is 0.0678 e. The highest BCUT2D eigenvalue weighted by Gasteiger charge is 2.23. The molecule has 3 unspecified atom stereocenters. The maximum atomic E-state index is 6.29. The van der Waals surface area contributed by atoms with Crippen LogP contribution in [-0.4, -0.2) is 43.8 Å². The van der Waals surface area contributed by atoms with Crippen LogP contribution in [-0.2, 0) is 4.74 Å². The molecule has 4 heteroatoms. The Bertz CT molecular complexity index is 417. The van der Waals surface area contributed by atoms with Gasteiger partial charge in [-0.1, -0.05) is 29.8 Å². The summed E-state index contributed by atoms with van der Waals surface area (Å²) in [7, 11) is 2.00. The molecule has 2 rings (SSSR count). The van der Waals surface area contributed by atoms with Gasteiger partial charge in [0.15, 0.2) is 0 Å². The molecular formula is C16H25ClN2O. The lowest BCUT2D eigenvalue weighted by atomic mass is 10.0. The molecule has 0 spiro atoms. The van der Waals surface area contributed by atoms with Gasteiger partial charge < -0.3 is 10.1 Å². The molecule has 0 saturated carbocycles. The summed E-state index contributed by atoms with van der Waals surface area (Å²) in [6, 6.07) is 8.39. The van der Waals surface area contributed by atoms with E-state index in [9.17, 15) is 0 Å². The minimum Gasteiger partial charge on any atom is -0.373 e. The Morgan fingerprint density at radius 3 is 2.55 bits per heavy atom. The molecule has 20 heavy (non-hydrogen) atoms.